The highest BCUT2D eigenvalue weighted by Crippen LogP contribution is 2.18. The first-order chi connectivity index (χ1) is 8.25. The molecule has 0 aliphatic rings. The number of nitrogens with one attached hydrogen (secondary N) is 1. The summed E-state index contributed by atoms with van der Waals surface area (Å²) in [5.74, 6) is 0. The number of rotatable bonds is 6. The summed E-state index contributed by atoms with van der Waals surface area (Å²) >= 11 is 3.44. The molecular weight excluding hydrogens is 318 g/mol. The van der Waals surface area contributed by atoms with Crippen LogP contribution in [0.4, 0.5) is 0 Å². The molecule has 104 valence electrons. The van der Waals surface area contributed by atoms with E-state index >= 15 is 0 Å². The zero-order valence-corrected chi connectivity index (χ0v) is 13.6. The quantitative estimate of drug-likeness (QED) is 0.636. The highest BCUT2D eigenvalue weighted by Gasteiger charge is 2.22. The second-order valence-corrected chi connectivity index (χ2v) is 7.71. The predicted molar refractivity (Wildman–Crippen MR) is 75.5 cm³/mol. The number of hydrogen-bond acceptors (Lipinski definition) is 3. The van der Waals surface area contributed by atoms with Crippen molar-refractivity contribution in [1.29, 1.82) is 0 Å². The zero-order valence-electron chi connectivity index (χ0n) is 11.2. The molecule has 0 fully saturated rings. The fraction of sp³-hybridized carbons (Fsp3) is 0.727. The standard InChI is InChI=1S/C11H20BrN3O2S/c1-8(12)6-5-7-13-18(16,17)11-9(2)14-15(4)10(11)3/h8,13H,5-7H2,1-4H3. The Kier molecular flexibility index (Phi) is 5.36. The maximum atomic E-state index is 12.2. The Balaban J connectivity index is 2.75. The lowest BCUT2D eigenvalue weighted by Crippen LogP contribution is -2.26. The highest BCUT2D eigenvalue weighted by atomic mass is 79.9. The smallest absolute Gasteiger partial charge is 0.244 e. The summed E-state index contributed by atoms with van der Waals surface area (Å²) in [4.78, 5) is 0.709. The van der Waals surface area contributed by atoms with E-state index in [9.17, 15) is 8.42 Å². The summed E-state index contributed by atoms with van der Waals surface area (Å²) in [6.07, 6.45) is 1.75. The monoisotopic (exact) mass is 337 g/mol. The van der Waals surface area contributed by atoms with Crippen molar-refractivity contribution in [1.82, 2.24) is 14.5 Å². The normalized spacial score (nSPS) is 13.8. The van der Waals surface area contributed by atoms with Crippen LogP contribution >= 0.6 is 15.9 Å². The first kappa shape index (κ1) is 15.7. The Morgan fingerprint density at radius 3 is 2.50 bits per heavy atom. The van der Waals surface area contributed by atoms with Gasteiger partial charge in [0.1, 0.15) is 4.90 Å². The van der Waals surface area contributed by atoms with Crippen LogP contribution in [0.15, 0.2) is 4.90 Å². The summed E-state index contributed by atoms with van der Waals surface area (Å²) in [5, 5.41) is 4.12. The molecular formula is C11H20BrN3O2S. The lowest BCUT2D eigenvalue weighted by Gasteiger charge is -2.07. The van der Waals surface area contributed by atoms with Crippen LogP contribution in [0.1, 0.15) is 31.2 Å². The maximum Gasteiger partial charge on any atom is 0.244 e. The fourth-order valence-electron chi connectivity index (χ4n) is 1.81. The third-order valence-electron chi connectivity index (χ3n) is 2.78. The first-order valence-corrected chi connectivity index (χ1v) is 8.29. The van der Waals surface area contributed by atoms with E-state index in [1.807, 2.05) is 6.92 Å². The van der Waals surface area contributed by atoms with E-state index < -0.39 is 10.0 Å². The lowest BCUT2D eigenvalue weighted by molar-refractivity contribution is 0.575. The summed E-state index contributed by atoms with van der Waals surface area (Å²) in [6, 6.07) is 0. The molecule has 1 atom stereocenters. The maximum absolute atomic E-state index is 12.2. The minimum atomic E-state index is -3.45. The fourth-order valence-corrected chi connectivity index (χ4v) is 3.64. The van der Waals surface area contributed by atoms with Crippen LogP contribution in [0.25, 0.3) is 0 Å². The van der Waals surface area contributed by atoms with Gasteiger partial charge < -0.3 is 0 Å². The molecule has 1 rings (SSSR count). The van der Waals surface area contributed by atoms with Gasteiger partial charge in [-0.1, -0.05) is 22.9 Å². The van der Waals surface area contributed by atoms with Crippen LogP contribution in [0.3, 0.4) is 0 Å². The van der Waals surface area contributed by atoms with Crippen LogP contribution in [-0.4, -0.2) is 29.6 Å². The highest BCUT2D eigenvalue weighted by molar-refractivity contribution is 9.09. The van der Waals surface area contributed by atoms with Crippen LogP contribution < -0.4 is 4.72 Å². The summed E-state index contributed by atoms with van der Waals surface area (Å²) in [6.45, 7) is 5.97. The van der Waals surface area contributed by atoms with E-state index in [2.05, 4.69) is 25.8 Å². The molecule has 0 radical (unpaired) electrons. The Morgan fingerprint density at radius 2 is 2.06 bits per heavy atom. The van der Waals surface area contributed by atoms with Gasteiger partial charge in [-0.25, -0.2) is 13.1 Å². The molecule has 0 aliphatic carbocycles. The lowest BCUT2D eigenvalue weighted by atomic mass is 10.2. The van der Waals surface area contributed by atoms with E-state index in [-0.39, 0.29) is 0 Å². The van der Waals surface area contributed by atoms with Gasteiger partial charge in [-0.05, 0) is 26.7 Å². The van der Waals surface area contributed by atoms with E-state index in [1.165, 1.54) is 0 Å². The van der Waals surface area contributed by atoms with Crippen molar-refractivity contribution in [2.75, 3.05) is 6.54 Å². The number of alkyl halides is 1. The number of hydrogen-bond donors (Lipinski definition) is 1. The van der Waals surface area contributed by atoms with Gasteiger partial charge in [-0.15, -0.1) is 0 Å². The molecule has 18 heavy (non-hydrogen) atoms. The van der Waals surface area contributed by atoms with Gasteiger partial charge >= 0.3 is 0 Å². The van der Waals surface area contributed by atoms with Crippen molar-refractivity contribution in [3.63, 3.8) is 0 Å². The Labute approximate surface area is 117 Å². The van der Waals surface area contributed by atoms with Gasteiger partial charge in [0.05, 0.1) is 11.4 Å². The molecule has 0 amide bonds. The predicted octanol–water partition coefficient (Wildman–Crippen LogP) is 1.88. The minimum absolute atomic E-state index is 0.303. The molecule has 0 bridgehead atoms. The van der Waals surface area contributed by atoms with E-state index in [0.717, 1.165) is 12.8 Å². The molecule has 0 aromatic carbocycles. The van der Waals surface area contributed by atoms with Gasteiger partial charge in [-0.2, -0.15) is 5.10 Å². The van der Waals surface area contributed by atoms with Gasteiger partial charge in [0.25, 0.3) is 0 Å². The third-order valence-corrected chi connectivity index (χ3v) is 4.95. The number of aryl methyl sites for hydroxylation is 2. The van der Waals surface area contributed by atoms with Crippen molar-refractivity contribution >= 4 is 26.0 Å². The van der Waals surface area contributed by atoms with Gasteiger partial charge in [0, 0.05) is 18.4 Å². The van der Waals surface area contributed by atoms with Crippen molar-refractivity contribution < 1.29 is 8.42 Å². The second kappa shape index (κ2) is 6.16. The van der Waals surface area contributed by atoms with Crippen molar-refractivity contribution in [2.45, 2.75) is 43.3 Å². The molecule has 0 saturated heterocycles. The topological polar surface area (TPSA) is 64.0 Å². The zero-order chi connectivity index (χ0) is 13.9. The third kappa shape index (κ3) is 3.80. The van der Waals surface area contributed by atoms with Gasteiger partial charge in [0.2, 0.25) is 10.0 Å². The average molecular weight is 338 g/mol. The van der Waals surface area contributed by atoms with Crippen LogP contribution in [0, 0.1) is 13.8 Å². The molecule has 1 N–H and O–H groups in total. The largest absolute Gasteiger partial charge is 0.271 e. The molecule has 5 nitrogen and oxygen atoms in total. The number of nitrogens with zero attached hydrogens (tertiary/aromatic N) is 2. The summed E-state index contributed by atoms with van der Waals surface area (Å²) in [5.41, 5.74) is 1.20. The SMILES string of the molecule is Cc1nn(C)c(C)c1S(=O)(=O)NCCCC(C)Br. The number of halogens is 1. The number of sulfonamides is 1. The molecule has 1 aromatic heterocycles. The molecule has 7 heteroatoms. The molecule has 0 spiro atoms. The van der Waals surface area contributed by atoms with Crippen LogP contribution in [-0.2, 0) is 17.1 Å². The Hall–Kier alpha value is -0.400. The second-order valence-electron chi connectivity index (χ2n) is 4.44. The van der Waals surface area contributed by atoms with E-state index in [0.29, 0.717) is 27.7 Å². The summed E-state index contributed by atoms with van der Waals surface area (Å²) in [7, 11) is -1.70. The van der Waals surface area contributed by atoms with Gasteiger partial charge in [-0.3, -0.25) is 4.68 Å². The van der Waals surface area contributed by atoms with E-state index in [1.54, 1.807) is 25.6 Å². The molecule has 0 aliphatic heterocycles. The molecule has 1 heterocycles. The Morgan fingerprint density at radius 1 is 1.44 bits per heavy atom. The first-order valence-electron chi connectivity index (χ1n) is 5.89. The molecule has 1 aromatic rings. The molecule has 1 unspecified atom stereocenters. The van der Waals surface area contributed by atoms with Crippen LogP contribution in [0.2, 0.25) is 0 Å². The molecule has 0 saturated carbocycles. The average Bonchev–Trinajstić information content (AvgIpc) is 2.48. The Bertz CT molecular complexity index is 509. The van der Waals surface area contributed by atoms with Crippen molar-refractivity contribution in [3.05, 3.63) is 11.4 Å². The van der Waals surface area contributed by atoms with Gasteiger partial charge in [0.15, 0.2) is 0 Å². The van der Waals surface area contributed by atoms with Crippen molar-refractivity contribution in [2.24, 2.45) is 7.05 Å². The van der Waals surface area contributed by atoms with Crippen LogP contribution in [0.5, 0.6) is 0 Å². The number of aromatic nitrogens is 2. The van der Waals surface area contributed by atoms with E-state index in [4.69, 9.17) is 0 Å². The summed E-state index contributed by atoms with van der Waals surface area (Å²) < 4.78 is 28.5. The minimum Gasteiger partial charge on any atom is -0.271 e. The van der Waals surface area contributed by atoms with Crippen molar-refractivity contribution in [3.8, 4) is 0 Å².